The number of hydrogen-bond acceptors (Lipinski definition) is 7. The summed E-state index contributed by atoms with van der Waals surface area (Å²) in [5, 5.41) is 3.25. The van der Waals surface area contributed by atoms with E-state index in [9.17, 15) is 13.2 Å². The van der Waals surface area contributed by atoms with Crippen molar-refractivity contribution in [3.05, 3.63) is 42.0 Å². The number of amides is 1. The lowest BCUT2D eigenvalue weighted by Crippen LogP contribution is -2.31. The third kappa shape index (κ3) is 4.17. The zero-order chi connectivity index (χ0) is 22.1. The van der Waals surface area contributed by atoms with Crippen molar-refractivity contribution in [3.8, 4) is 11.5 Å². The molecular formula is C22H23N3O5S2. The second-order valence-electron chi connectivity index (χ2n) is 7.78. The van der Waals surface area contributed by atoms with Crippen LogP contribution in [0.2, 0.25) is 0 Å². The van der Waals surface area contributed by atoms with E-state index in [4.69, 9.17) is 9.47 Å². The van der Waals surface area contributed by atoms with Crippen LogP contribution in [0.5, 0.6) is 11.5 Å². The van der Waals surface area contributed by atoms with Crippen LogP contribution in [0, 0.1) is 0 Å². The number of rotatable bonds is 4. The first kappa shape index (κ1) is 21.2. The van der Waals surface area contributed by atoms with Gasteiger partial charge in [-0.3, -0.25) is 10.1 Å². The van der Waals surface area contributed by atoms with Crippen molar-refractivity contribution >= 4 is 42.6 Å². The highest BCUT2D eigenvalue weighted by Crippen LogP contribution is 2.38. The van der Waals surface area contributed by atoms with Crippen LogP contribution in [0.4, 0.5) is 5.13 Å². The molecule has 1 saturated heterocycles. The van der Waals surface area contributed by atoms with Crippen molar-refractivity contribution in [2.24, 2.45) is 0 Å². The van der Waals surface area contributed by atoms with E-state index in [1.165, 1.54) is 35.6 Å². The van der Waals surface area contributed by atoms with Crippen molar-refractivity contribution in [2.75, 3.05) is 31.6 Å². The number of nitrogens with zero attached hydrogens (tertiary/aromatic N) is 2. The van der Waals surface area contributed by atoms with Crippen molar-refractivity contribution in [1.29, 1.82) is 0 Å². The molecule has 2 aliphatic heterocycles. The molecule has 1 N–H and O–H groups in total. The van der Waals surface area contributed by atoms with Gasteiger partial charge in [0.25, 0.3) is 5.91 Å². The number of benzene rings is 2. The molecule has 2 aliphatic rings. The minimum atomic E-state index is -3.54. The molecule has 0 aliphatic carbocycles. The van der Waals surface area contributed by atoms with Gasteiger partial charge in [0.15, 0.2) is 16.6 Å². The highest BCUT2D eigenvalue weighted by molar-refractivity contribution is 7.89. The average Bonchev–Trinajstić information content (AvgIpc) is 2.99. The maximum Gasteiger partial charge on any atom is 0.257 e. The zero-order valence-electron chi connectivity index (χ0n) is 17.4. The van der Waals surface area contributed by atoms with Crippen molar-refractivity contribution in [3.63, 3.8) is 0 Å². The Hall–Kier alpha value is -2.69. The van der Waals surface area contributed by atoms with Gasteiger partial charge in [-0.25, -0.2) is 13.4 Å². The number of carbonyl (C=O) groups excluding carboxylic acids is 1. The quantitative estimate of drug-likeness (QED) is 0.618. The van der Waals surface area contributed by atoms with Gasteiger partial charge in [0.2, 0.25) is 10.0 Å². The van der Waals surface area contributed by atoms with Crippen molar-refractivity contribution in [2.45, 2.75) is 30.6 Å². The van der Waals surface area contributed by atoms with E-state index in [2.05, 4.69) is 10.3 Å². The van der Waals surface area contributed by atoms with Crippen LogP contribution in [0.3, 0.4) is 0 Å². The summed E-state index contributed by atoms with van der Waals surface area (Å²) in [5.74, 6) is 0.972. The average molecular weight is 474 g/mol. The fourth-order valence-corrected chi connectivity index (χ4v) is 6.29. The third-order valence-electron chi connectivity index (χ3n) is 5.59. The Morgan fingerprint density at radius 2 is 1.62 bits per heavy atom. The summed E-state index contributed by atoms with van der Waals surface area (Å²) in [7, 11) is -3.54. The van der Waals surface area contributed by atoms with Gasteiger partial charge in [0.05, 0.1) is 15.1 Å². The molecule has 32 heavy (non-hydrogen) atoms. The van der Waals surface area contributed by atoms with E-state index < -0.39 is 10.0 Å². The number of aromatic nitrogens is 1. The monoisotopic (exact) mass is 473 g/mol. The summed E-state index contributed by atoms with van der Waals surface area (Å²) < 4.78 is 39.4. The summed E-state index contributed by atoms with van der Waals surface area (Å²) in [5.41, 5.74) is 1.08. The first-order valence-electron chi connectivity index (χ1n) is 10.6. The molecule has 0 unspecified atom stereocenters. The lowest BCUT2D eigenvalue weighted by molar-refractivity contribution is 0.102. The Morgan fingerprint density at radius 1 is 0.969 bits per heavy atom. The van der Waals surface area contributed by atoms with Crippen LogP contribution in [0.15, 0.2) is 41.3 Å². The number of anilines is 1. The number of ether oxygens (including phenoxy) is 2. The first-order chi connectivity index (χ1) is 15.5. The summed E-state index contributed by atoms with van der Waals surface area (Å²) in [6.07, 6.45) is 3.87. The zero-order valence-corrected chi connectivity index (χ0v) is 19.0. The molecule has 168 valence electrons. The van der Waals surface area contributed by atoms with Gasteiger partial charge in [-0.2, -0.15) is 4.31 Å². The van der Waals surface area contributed by atoms with Gasteiger partial charge in [0.1, 0.15) is 13.2 Å². The van der Waals surface area contributed by atoms with Gasteiger partial charge in [-0.05, 0) is 37.1 Å². The standard InChI is InChI=1S/C22H23N3O5S2/c26-21(24-22-23-17-13-18-19(14-20(17)31-22)30-12-11-29-18)15-5-7-16(8-6-15)32(27,28)25-9-3-1-2-4-10-25/h5-8,13-14H,1-4,9-12H2,(H,23,24,26). The molecule has 0 spiro atoms. The van der Waals surface area contributed by atoms with Gasteiger partial charge < -0.3 is 9.47 Å². The Balaban J connectivity index is 1.31. The molecule has 3 aromatic rings. The molecule has 3 heterocycles. The van der Waals surface area contributed by atoms with Gasteiger partial charge >= 0.3 is 0 Å². The molecule has 1 amide bonds. The number of fused-ring (bicyclic) bond motifs is 2. The Morgan fingerprint density at radius 3 is 2.31 bits per heavy atom. The number of carbonyl (C=O) groups is 1. The highest BCUT2D eigenvalue weighted by Gasteiger charge is 2.25. The molecule has 10 heteroatoms. The fraction of sp³-hybridized carbons (Fsp3) is 0.364. The van der Waals surface area contributed by atoms with E-state index in [-0.39, 0.29) is 10.8 Å². The van der Waals surface area contributed by atoms with E-state index in [1.807, 2.05) is 6.07 Å². The van der Waals surface area contributed by atoms with E-state index in [0.717, 1.165) is 30.4 Å². The van der Waals surface area contributed by atoms with Gasteiger partial charge in [-0.1, -0.05) is 24.2 Å². The molecule has 0 bridgehead atoms. The van der Waals surface area contributed by atoms with Crippen LogP contribution in [0.25, 0.3) is 10.2 Å². The lowest BCUT2D eigenvalue weighted by atomic mass is 10.2. The second kappa shape index (κ2) is 8.68. The lowest BCUT2D eigenvalue weighted by Gasteiger charge is -2.20. The van der Waals surface area contributed by atoms with Crippen LogP contribution < -0.4 is 14.8 Å². The van der Waals surface area contributed by atoms with E-state index in [1.54, 1.807) is 10.4 Å². The first-order valence-corrected chi connectivity index (χ1v) is 12.9. The molecule has 8 nitrogen and oxygen atoms in total. The van der Waals surface area contributed by atoms with Crippen molar-refractivity contribution < 1.29 is 22.7 Å². The van der Waals surface area contributed by atoms with Gasteiger partial charge in [-0.15, -0.1) is 0 Å². The van der Waals surface area contributed by atoms with Crippen LogP contribution >= 0.6 is 11.3 Å². The van der Waals surface area contributed by atoms with E-state index >= 15 is 0 Å². The molecule has 1 fully saturated rings. The van der Waals surface area contributed by atoms with Crippen molar-refractivity contribution in [1.82, 2.24) is 9.29 Å². The summed E-state index contributed by atoms with van der Waals surface area (Å²) in [4.78, 5) is 17.4. The Bertz CT molecular complexity index is 1200. The molecule has 2 aromatic carbocycles. The topological polar surface area (TPSA) is 97.8 Å². The Labute approximate surface area is 190 Å². The molecule has 0 saturated carbocycles. The van der Waals surface area contributed by atoms with Crippen LogP contribution in [0.1, 0.15) is 36.0 Å². The molecular weight excluding hydrogens is 450 g/mol. The maximum atomic E-state index is 12.9. The number of sulfonamides is 1. The second-order valence-corrected chi connectivity index (χ2v) is 10.7. The maximum absolute atomic E-state index is 12.9. The Kier molecular flexibility index (Phi) is 5.75. The summed E-state index contributed by atoms with van der Waals surface area (Å²) >= 11 is 1.34. The predicted molar refractivity (Wildman–Crippen MR) is 122 cm³/mol. The summed E-state index contributed by atoms with van der Waals surface area (Å²) in [6.45, 7) is 2.09. The van der Waals surface area contributed by atoms with E-state index in [0.29, 0.717) is 54.0 Å². The predicted octanol–water partition coefficient (Wildman–Crippen LogP) is 3.88. The normalized spacial score (nSPS) is 17.1. The smallest absolute Gasteiger partial charge is 0.257 e. The van der Waals surface area contributed by atoms with Gasteiger partial charge in [0, 0.05) is 30.8 Å². The van der Waals surface area contributed by atoms with Crippen LogP contribution in [-0.4, -0.2) is 49.9 Å². The number of hydrogen-bond donors (Lipinski definition) is 1. The largest absolute Gasteiger partial charge is 0.486 e. The third-order valence-corrected chi connectivity index (χ3v) is 8.44. The fourth-order valence-electron chi connectivity index (χ4n) is 3.90. The molecule has 5 rings (SSSR count). The SMILES string of the molecule is O=C(Nc1nc2cc3c(cc2s1)OCCO3)c1ccc(S(=O)(=O)N2CCCCCC2)cc1. The minimum absolute atomic E-state index is 0.210. The molecule has 1 aromatic heterocycles. The molecule has 0 radical (unpaired) electrons. The molecule has 0 atom stereocenters. The van der Waals surface area contributed by atoms with Crippen LogP contribution in [-0.2, 0) is 10.0 Å². The minimum Gasteiger partial charge on any atom is -0.486 e. The number of nitrogens with one attached hydrogen (secondary N) is 1. The highest BCUT2D eigenvalue weighted by atomic mass is 32.2. The number of thiazole rings is 1. The summed E-state index contributed by atoms with van der Waals surface area (Å²) in [6, 6.07) is 9.73.